The van der Waals surface area contributed by atoms with E-state index in [2.05, 4.69) is 18.8 Å². The summed E-state index contributed by atoms with van der Waals surface area (Å²) < 4.78 is 0. The summed E-state index contributed by atoms with van der Waals surface area (Å²) >= 11 is 5.70. The number of halogens is 1. The lowest BCUT2D eigenvalue weighted by molar-refractivity contribution is 0.497. The molecule has 1 aromatic heterocycles. The highest BCUT2D eigenvalue weighted by Gasteiger charge is 2.01. The fourth-order valence-corrected chi connectivity index (χ4v) is 1.57. The highest BCUT2D eigenvalue weighted by molar-refractivity contribution is 6.18. The summed E-state index contributed by atoms with van der Waals surface area (Å²) in [7, 11) is 0. The molecular formula is C13H22ClN. The molecule has 0 aliphatic heterocycles. The second-order valence-electron chi connectivity index (χ2n) is 3.60. The zero-order valence-corrected chi connectivity index (χ0v) is 10.6. The second kappa shape index (κ2) is 11.5. The van der Waals surface area contributed by atoms with Gasteiger partial charge in [-0.1, -0.05) is 39.2 Å². The lowest BCUT2D eigenvalue weighted by Crippen LogP contribution is -1.99. The molecule has 0 fully saturated rings. The van der Waals surface area contributed by atoms with Crippen LogP contribution >= 0.6 is 11.6 Å². The van der Waals surface area contributed by atoms with Crippen molar-refractivity contribution in [3.8, 4) is 0 Å². The van der Waals surface area contributed by atoms with Gasteiger partial charge >= 0.3 is 0 Å². The Morgan fingerprint density at radius 1 is 1.13 bits per heavy atom. The molecule has 0 N–H and O–H groups in total. The number of rotatable bonds is 5. The van der Waals surface area contributed by atoms with Gasteiger partial charge in [0.1, 0.15) is 0 Å². The van der Waals surface area contributed by atoms with E-state index < -0.39 is 0 Å². The molecule has 0 bridgehead atoms. The average molecular weight is 228 g/mol. The van der Waals surface area contributed by atoms with Crippen LogP contribution in [0.1, 0.15) is 39.5 Å². The molecule has 1 aromatic rings. The molecule has 1 nitrogen and oxygen atoms in total. The van der Waals surface area contributed by atoms with Gasteiger partial charge in [0.25, 0.3) is 0 Å². The second-order valence-corrected chi connectivity index (χ2v) is 3.90. The summed E-state index contributed by atoms with van der Waals surface area (Å²) in [6.45, 7) is 4.43. The van der Waals surface area contributed by atoms with Crippen molar-refractivity contribution in [2.45, 2.75) is 39.5 Å². The number of alkyl halides is 1. The number of unbranched alkanes of at least 4 members (excludes halogenated alkanes) is 1. The van der Waals surface area contributed by atoms with Crippen molar-refractivity contribution in [1.82, 2.24) is 4.98 Å². The number of pyridine rings is 1. The third-order valence-corrected chi connectivity index (χ3v) is 2.76. The Hall–Kier alpha value is -0.560. The van der Waals surface area contributed by atoms with Gasteiger partial charge in [0.2, 0.25) is 0 Å². The Morgan fingerprint density at radius 2 is 1.80 bits per heavy atom. The van der Waals surface area contributed by atoms with Crippen molar-refractivity contribution in [3.05, 3.63) is 30.6 Å². The van der Waals surface area contributed by atoms with Crippen molar-refractivity contribution >= 4 is 11.6 Å². The molecule has 0 amide bonds. The highest BCUT2D eigenvalue weighted by Crippen LogP contribution is 2.13. The van der Waals surface area contributed by atoms with Crippen LogP contribution in [0.5, 0.6) is 0 Å². The van der Waals surface area contributed by atoms with E-state index in [4.69, 9.17) is 11.6 Å². The smallest absolute Gasteiger partial charge is 0.0267 e. The minimum atomic E-state index is 0.770. The third kappa shape index (κ3) is 9.74. The van der Waals surface area contributed by atoms with Crippen LogP contribution in [0, 0.1) is 5.92 Å². The normalized spacial score (nSPS) is 11.4. The van der Waals surface area contributed by atoms with Crippen molar-refractivity contribution in [1.29, 1.82) is 0 Å². The van der Waals surface area contributed by atoms with Crippen LogP contribution in [0.2, 0.25) is 0 Å². The van der Waals surface area contributed by atoms with E-state index in [9.17, 15) is 0 Å². The maximum absolute atomic E-state index is 5.70. The fourth-order valence-electron chi connectivity index (χ4n) is 1.20. The Bertz CT molecular complexity index is 170. The van der Waals surface area contributed by atoms with E-state index in [1.807, 2.05) is 18.2 Å². The molecule has 1 heterocycles. The first-order valence-electron chi connectivity index (χ1n) is 5.76. The number of aromatic nitrogens is 1. The van der Waals surface area contributed by atoms with Crippen LogP contribution in [-0.2, 0) is 0 Å². The van der Waals surface area contributed by atoms with E-state index >= 15 is 0 Å². The first-order chi connectivity index (χ1) is 7.35. The molecule has 0 saturated heterocycles. The molecule has 2 heteroatoms. The molecule has 0 saturated carbocycles. The van der Waals surface area contributed by atoms with Crippen molar-refractivity contribution in [3.63, 3.8) is 0 Å². The fraction of sp³-hybridized carbons (Fsp3) is 0.615. The van der Waals surface area contributed by atoms with Crippen LogP contribution < -0.4 is 0 Å². The SMILES string of the molecule is CCCCC(CC)CCl.c1ccncc1. The minimum Gasteiger partial charge on any atom is -0.265 e. The van der Waals surface area contributed by atoms with Gasteiger partial charge in [0.05, 0.1) is 0 Å². The van der Waals surface area contributed by atoms with E-state index in [0.29, 0.717) is 0 Å². The predicted molar refractivity (Wildman–Crippen MR) is 68.3 cm³/mol. The summed E-state index contributed by atoms with van der Waals surface area (Å²) in [6.07, 6.45) is 8.69. The summed E-state index contributed by atoms with van der Waals surface area (Å²) in [5, 5.41) is 0. The number of hydrogen-bond acceptors (Lipinski definition) is 1. The predicted octanol–water partition coefficient (Wildman–Crippen LogP) is 4.52. The molecule has 1 rings (SSSR count). The largest absolute Gasteiger partial charge is 0.265 e. The van der Waals surface area contributed by atoms with Gasteiger partial charge in [-0.3, -0.25) is 4.98 Å². The van der Waals surface area contributed by atoms with Crippen molar-refractivity contribution in [2.75, 3.05) is 5.88 Å². The van der Waals surface area contributed by atoms with Crippen LogP contribution in [-0.4, -0.2) is 10.9 Å². The number of hydrogen-bond donors (Lipinski definition) is 0. The molecule has 86 valence electrons. The molecule has 1 atom stereocenters. The maximum atomic E-state index is 5.70. The van der Waals surface area contributed by atoms with Gasteiger partial charge in [-0.2, -0.15) is 0 Å². The van der Waals surface area contributed by atoms with E-state index in [0.717, 1.165) is 11.8 Å². The Balaban J connectivity index is 0.000000280. The lowest BCUT2D eigenvalue weighted by atomic mass is 10.0. The molecule has 0 radical (unpaired) electrons. The molecule has 15 heavy (non-hydrogen) atoms. The van der Waals surface area contributed by atoms with Crippen molar-refractivity contribution < 1.29 is 0 Å². The third-order valence-electron chi connectivity index (χ3n) is 2.33. The van der Waals surface area contributed by atoms with Crippen LogP contribution in [0.25, 0.3) is 0 Å². The van der Waals surface area contributed by atoms with Crippen LogP contribution in [0.3, 0.4) is 0 Å². The highest BCUT2D eigenvalue weighted by atomic mass is 35.5. The summed E-state index contributed by atoms with van der Waals surface area (Å²) in [6, 6.07) is 5.72. The first-order valence-corrected chi connectivity index (χ1v) is 6.29. The summed E-state index contributed by atoms with van der Waals surface area (Å²) in [4.78, 5) is 3.78. The minimum absolute atomic E-state index is 0.770. The molecule has 1 unspecified atom stereocenters. The number of nitrogens with zero attached hydrogens (tertiary/aromatic N) is 1. The van der Waals surface area contributed by atoms with Gasteiger partial charge in [-0.15, -0.1) is 11.6 Å². The van der Waals surface area contributed by atoms with Crippen LogP contribution in [0.15, 0.2) is 30.6 Å². The molecular weight excluding hydrogens is 206 g/mol. The monoisotopic (exact) mass is 227 g/mol. The quantitative estimate of drug-likeness (QED) is 0.674. The van der Waals surface area contributed by atoms with Crippen LogP contribution in [0.4, 0.5) is 0 Å². The topological polar surface area (TPSA) is 12.9 Å². The summed E-state index contributed by atoms with van der Waals surface area (Å²) in [5.74, 6) is 1.61. The molecule has 0 aliphatic carbocycles. The Morgan fingerprint density at radius 3 is 2.07 bits per heavy atom. The van der Waals surface area contributed by atoms with Gasteiger partial charge in [0.15, 0.2) is 0 Å². The first kappa shape index (κ1) is 14.4. The van der Waals surface area contributed by atoms with Gasteiger partial charge in [0, 0.05) is 18.3 Å². The maximum Gasteiger partial charge on any atom is 0.0267 e. The zero-order valence-electron chi connectivity index (χ0n) is 9.82. The van der Waals surface area contributed by atoms with E-state index in [1.54, 1.807) is 12.4 Å². The molecule has 0 aliphatic rings. The van der Waals surface area contributed by atoms with E-state index in [-0.39, 0.29) is 0 Å². The van der Waals surface area contributed by atoms with Gasteiger partial charge in [-0.25, -0.2) is 0 Å². The van der Waals surface area contributed by atoms with Crippen molar-refractivity contribution in [2.24, 2.45) is 5.92 Å². The summed E-state index contributed by atoms with van der Waals surface area (Å²) in [5.41, 5.74) is 0. The van der Waals surface area contributed by atoms with Gasteiger partial charge < -0.3 is 0 Å². The zero-order chi connectivity index (χ0) is 11.4. The van der Waals surface area contributed by atoms with E-state index in [1.165, 1.54) is 25.7 Å². The lowest BCUT2D eigenvalue weighted by Gasteiger charge is -2.08. The Labute approximate surface area is 98.9 Å². The molecule has 0 spiro atoms. The average Bonchev–Trinajstić information content (AvgIpc) is 2.34. The van der Waals surface area contributed by atoms with Gasteiger partial charge in [-0.05, 0) is 24.5 Å². The standard InChI is InChI=1S/C8H17Cl.C5H5N/c1-3-5-6-8(4-2)7-9;1-2-4-6-5-3-1/h8H,3-7H2,1-2H3;1-5H. The Kier molecular flexibility index (Phi) is 11.1. The molecule has 0 aromatic carbocycles.